The Bertz CT molecular complexity index is 816. The van der Waals surface area contributed by atoms with Crippen LogP contribution < -0.4 is 10.1 Å². The van der Waals surface area contributed by atoms with E-state index in [1.54, 1.807) is 38.4 Å². The summed E-state index contributed by atoms with van der Waals surface area (Å²) in [5.41, 5.74) is 1.30. The second-order valence-electron chi connectivity index (χ2n) is 7.60. The van der Waals surface area contributed by atoms with Crippen molar-refractivity contribution in [2.75, 3.05) is 65.3 Å². The number of piperazine rings is 1. The maximum absolute atomic E-state index is 12.4. The molecule has 0 atom stereocenters. The van der Waals surface area contributed by atoms with Gasteiger partial charge in [0.05, 0.1) is 6.54 Å². The zero-order chi connectivity index (χ0) is 21.3. The van der Waals surface area contributed by atoms with Crippen molar-refractivity contribution in [1.29, 1.82) is 0 Å². The van der Waals surface area contributed by atoms with Crippen LogP contribution in [0, 0.1) is 0 Å². The molecule has 1 saturated heterocycles. The van der Waals surface area contributed by atoms with E-state index in [1.807, 2.05) is 30.3 Å². The fourth-order valence-corrected chi connectivity index (χ4v) is 3.34. The maximum atomic E-state index is 12.4. The molecule has 3 rings (SSSR count). The summed E-state index contributed by atoms with van der Waals surface area (Å²) >= 11 is 0. The molecule has 30 heavy (non-hydrogen) atoms. The van der Waals surface area contributed by atoms with E-state index in [4.69, 9.17) is 4.74 Å². The highest BCUT2D eigenvalue weighted by atomic mass is 16.5. The Morgan fingerprint density at radius 2 is 1.57 bits per heavy atom. The van der Waals surface area contributed by atoms with Gasteiger partial charge in [-0.15, -0.1) is 0 Å². The van der Waals surface area contributed by atoms with Crippen LogP contribution in [0.4, 0.5) is 5.69 Å². The van der Waals surface area contributed by atoms with Crippen molar-refractivity contribution in [3.63, 3.8) is 0 Å². The van der Waals surface area contributed by atoms with Gasteiger partial charge in [-0.2, -0.15) is 0 Å². The summed E-state index contributed by atoms with van der Waals surface area (Å²) in [6.45, 7) is 5.47. The zero-order valence-electron chi connectivity index (χ0n) is 17.7. The van der Waals surface area contributed by atoms with Crippen molar-refractivity contribution in [3.8, 4) is 5.75 Å². The number of nitrogens with zero attached hydrogens (tertiary/aromatic N) is 3. The van der Waals surface area contributed by atoms with E-state index >= 15 is 0 Å². The zero-order valence-corrected chi connectivity index (χ0v) is 17.7. The lowest BCUT2D eigenvalue weighted by molar-refractivity contribution is -0.117. The highest BCUT2D eigenvalue weighted by Gasteiger charge is 2.19. The van der Waals surface area contributed by atoms with Crippen LogP contribution in [0.15, 0.2) is 54.6 Å². The number of hydrogen-bond donors (Lipinski definition) is 1. The topological polar surface area (TPSA) is 65.1 Å². The molecule has 0 radical (unpaired) electrons. The van der Waals surface area contributed by atoms with Crippen molar-refractivity contribution in [3.05, 3.63) is 60.2 Å². The molecule has 0 saturated carbocycles. The summed E-state index contributed by atoms with van der Waals surface area (Å²) in [6, 6.07) is 16.8. The Morgan fingerprint density at radius 1 is 0.933 bits per heavy atom. The van der Waals surface area contributed by atoms with Gasteiger partial charge in [0.1, 0.15) is 12.4 Å². The Balaban J connectivity index is 1.35. The van der Waals surface area contributed by atoms with E-state index in [9.17, 15) is 9.59 Å². The first-order valence-corrected chi connectivity index (χ1v) is 10.3. The van der Waals surface area contributed by atoms with Gasteiger partial charge in [-0.1, -0.05) is 18.2 Å². The predicted octanol–water partition coefficient (Wildman–Crippen LogP) is 2.02. The molecular formula is C23H30N4O3. The molecule has 1 N–H and O–H groups in total. The lowest BCUT2D eigenvalue weighted by Crippen LogP contribution is -2.49. The number of amides is 2. The fraction of sp³-hybridized carbons (Fsp3) is 0.391. The van der Waals surface area contributed by atoms with Crippen LogP contribution in [0.2, 0.25) is 0 Å². The third-order valence-corrected chi connectivity index (χ3v) is 5.07. The summed E-state index contributed by atoms with van der Waals surface area (Å²) in [7, 11) is 3.43. The van der Waals surface area contributed by atoms with Crippen molar-refractivity contribution in [2.24, 2.45) is 0 Å². The van der Waals surface area contributed by atoms with Crippen LogP contribution in [0.3, 0.4) is 0 Å². The third-order valence-electron chi connectivity index (χ3n) is 5.07. The molecule has 2 aromatic carbocycles. The predicted molar refractivity (Wildman–Crippen MR) is 118 cm³/mol. The smallest absolute Gasteiger partial charge is 0.253 e. The molecule has 0 spiro atoms. The van der Waals surface area contributed by atoms with Gasteiger partial charge in [0.15, 0.2) is 0 Å². The number of nitrogens with one attached hydrogen (secondary N) is 1. The van der Waals surface area contributed by atoms with E-state index in [1.165, 1.54) is 4.90 Å². The normalized spacial score (nSPS) is 14.9. The molecular weight excluding hydrogens is 380 g/mol. The molecule has 1 fully saturated rings. The van der Waals surface area contributed by atoms with Crippen LogP contribution in [-0.4, -0.2) is 86.5 Å². The Hall–Kier alpha value is -2.90. The van der Waals surface area contributed by atoms with Gasteiger partial charge in [0.25, 0.3) is 5.91 Å². The van der Waals surface area contributed by atoms with Gasteiger partial charge >= 0.3 is 0 Å². The van der Waals surface area contributed by atoms with E-state index < -0.39 is 0 Å². The molecule has 0 bridgehead atoms. The van der Waals surface area contributed by atoms with Gasteiger partial charge in [0, 0.05) is 58.1 Å². The van der Waals surface area contributed by atoms with Crippen molar-refractivity contribution in [1.82, 2.24) is 14.7 Å². The second kappa shape index (κ2) is 10.8. The van der Waals surface area contributed by atoms with E-state index in [-0.39, 0.29) is 11.8 Å². The number of ether oxygens (including phenoxy) is 1. The van der Waals surface area contributed by atoms with Gasteiger partial charge < -0.3 is 15.0 Å². The largest absolute Gasteiger partial charge is 0.492 e. The fourth-order valence-electron chi connectivity index (χ4n) is 3.34. The molecule has 0 unspecified atom stereocenters. The third kappa shape index (κ3) is 6.57. The molecule has 0 aromatic heterocycles. The number of carbonyl (C=O) groups is 2. The minimum absolute atomic E-state index is 0.0393. The van der Waals surface area contributed by atoms with Crippen LogP contribution in [0.1, 0.15) is 10.4 Å². The number of para-hydroxylation sites is 1. The van der Waals surface area contributed by atoms with Crippen LogP contribution in [-0.2, 0) is 4.79 Å². The van der Waals surface area contributed by atoms with Gasteiger partial charge in [-0.3, -0.25) is 19.4 Å². The van der Waals surface area contributed by atoms with Gasteiger partial charge in [0.2, 0.25) is 5.91 Å². The first kappa shape index (κ1) is 21.8. The molecule has 160 valence electrons. The average Bonchev–Trinajstić information content (AvgIpc) is 2.75. The van der Waals surface area contributed by atoms with Crippen molar-refractivity contribution >= 4 is 17.5 Å². The molecule has 2 amide bonds. The molecule has 1 heterocycles. The highest BCUT2D eigenvalue weighted by Crippen LogP contribution is 2.12. The van der Waals surface area contributed by atoms with Gasteiger partial charge in [-0.25, -0.2) is 0 Å². The highest BCUT2D eigenvalue weighted by molar-refractivity contribution is 5.96. The van der Waals surface area contributed by atoms with Crippen molar-refractivity contribution < 1.29 is 14.3 Å². The minimum Gasteiger partial charge on any atom is -0.492 e. The van der Waals surface area contributed by atoms with E-state index in [2.05, 4.69) is 15.1 Å². The van der Waals surface area contributed by atoms with Crippen LogP contribution in [0.5, 0.6) is 5.75 Å². The lowest BCUT2D eigenvalue weighted by Gasteiger charge is -2.34. The maximum Gasteiger partial charge on any atom is 0.253 e. The first-order chi connectivity index (χ1) is 14.5. The first-order valence-electron chi connectivity index (χ1n) is 10.3. The second-order valence-corrected chi connectivity index (χ2v) is 7.60. The molecule has 7 heteroatoms. The Labute approximate surface area is 178 Å². The monoisotopic (exact) mass is 410 g/mol. The summed E-state index contributed by atoms with van der Waals surface area (Å²) in [5, 5.41) is 2.91. The van der Waals surface area contributed by atoms with Crippen LogP contribution in [0.25, 0.3) is 0 Å². The van der Waals surface area contributed by atoms with E-state index in [0.717, 1.165) is 38.5 Å². The number of carbonyl (C=O) groups excluding carboxylic acids is 2. The van der Waals surface area contributed by atoms with Crippen molar-refractivity contribution in [2.45, 2.75) is 0 Å². The standard InChI is InChI=1S/C23H30N4O3/c1-25(2)23(29)19-8-10-20(11-9-19)24-22(28)18-27-14-12-26(13-15-27)16-17-30-21-6-4-3-5-7-21/h3-11H,12-18H2,1-2H3,(H,24,28). The van der Waals surface area contributed by atoms with Gasteiger partial charge in [-0.05, 0) is 36.4 Å². The molecule has 1 aliphatic heterocycles. The summed E-state index contributed by atoms with van der Waals surface area (Å²) < 4.78 is 5.76. The number of hydrogen-bond acceptors (Lipinski definition) is 5. The minimum atomic E-state index is -0.0556. The van der Waals surface area contributed by atoms with E-state index in [0.29, 0.717) is 24.4 Å². The molecule has 2 aromatic rings. The summed E-state index contributed by atoms with van der Waals surface area (Å²) in [6.07, 6.45) is 0. The average molecular weight is 411 g/mol. The number of benzene rings is 2. The van der Waals surface area contributed by atoms with Crippen LogP contribution >= 0.6 is 0 Å². The number of rotatable bonds is 8. The molecule has 7 nitrogen and oxygen atoms in total. The Kier molecular flexibility index (Phi) is 7.82. The Morgan fingerprint density at radius 3 is 2.20 bits per heavy atom. The molecule has 1 aliphatic rings. The summed E-state index contributed by atoms with van der Waals surface area (Å²) in [5.74, 6) is 0.800. The quantitative estimate of drug-likeness (QED) is 0.721. The number of anilines is 1. The molecule has 0 aliphatic carbocycles. The lowest BCUT2D eigenvalue weighted by atomic mass is 10.2. The summed E-state index contributed by atoms with van der Waals surface area (Å²) in [4.78, 5) is 30.3. The SMILES string of the molecule is CN(C)C(=O)c1ccc(NC(=O)CN2CCN(CCOc3ccccc3)CC2)cc1.